The molecule has 0 saturated heterocycles. The highest BCUT2D eigenvalue weighted by Crippen LogP contribution is 2.25. The van der Waals surface area contributed by atoms with Gasteiger partial charge in [0, 0.05) is 42.8 Å². The molecule has 0 spiro atoms. The summed E-state index contributed by atoms with van der Waals surface area (Å²) in [6.07, 6.45) is 1.88. The standard InChI is InChI=1S/C18H26N4O2S.HI/c1-6-19-18(21-11-17-20-10-13(2)25-17)22(3)12-14-7-8-15(23-4)9-16(14)24-5;/h7-10H,6,11-12H2,1-5H3,(H,19,21);1H. The number of halogens is 1. The largest absolute Gasteiger partial charge is 0.497 e. The Morgan fingerprint density at radius 2 is 2.08 bits per heavy atom. The number of thiazole rings is 1. The van der Waals surface area contributed by atoms with Crippen molar-refractivity contribution in [3.8, 4) is 11.5 Å². The Hall–Kier alpha value is -1.55. The summed E-state index contributed by atoms with van der Waals surface area (Å²) in [7, 11) is 5.33. The maximum Gasteiger partial charge on any atom is 0.194 e. The Balaban J connectivity index is 0.00000338. The number of aryl methyl sites for hydroxylation is 1. The van der Waals surface area contributed by atoms with Crippen molar-refractivity contribution in [3.05, 3.63) is 39.8 Å². The van der Waals surface area contributed by atoms with Crippen molar-refractivity contribution in [3.63, 3.8) is 0 Å². The molecule has 0 bridgehead atoms. The van der Waals surface area contributed by atoms with Gasteiger partial charge in [-0.3, -0.25) is 0 Å². The molecule has 0 radical (unpaired) electrons. The van der Waals surface area contributed by atoms with E-state index in [1.807, 2.05) is 31.4 Å². The third kappa shape index (κ3) is 6.31. The molecule has 2 rings (SSSR count). The first-order valence-electron chi connectivity index (χ1n) is 8.19. The van der Waals surface area contributed by atoms with Crippen LogP contribution in [0.4, 0.5) is 0 Å². The van der Waals surface area contributed by atoms with Gasteiger partial charge >= 0.3 is 0 Å². The second kappa shape index (κ2) is 11.2. The molecule has 6 nitrogen and oxygen atoms in total. The number of rotatable bonds is 7. The minimum absolute atomic E-state index is 0. The summed E-state index contributed by atoms with van der Waals surface area (Å²) < 4.78 is 10.7. The lowest BCUT2D eigenvalue weighted by atomic mass is 10.2. The Bertz CT molecular complexity index is 721. The Kier molecular flexibility index (Phi) is 9.71. The zero-order chi connectivity index (χ0) is 18.2. The maximum atomic E-state index is 5.49. The van der Waals surface area contributed by atoms with Crippen LogP contribution in [0.3, 0.4) is 0 Å². The predicted molar refractivity (Wildman–Crippen MR) is 118 cm³/mol. The molecule has 0 amide bonds. The fourth-order valence-electron chi connectivity index (χ4n) is 2.40. The number of nitrogens with one attached hydrogen (secondary N) is 1. The van der Waals surface area contributed by atoms with Gasteiger partial charge in [-0.25, -0.2) is 9.98 Å². The van der Waals surface area contributed by atoms with E-state index in [0.29, 0.717) is 13.1 Å². The van der Waals surface area contributed by atoms with Crippen molar-refractivity contribution in [1.29, 1.82) is 0 Å². The smallest absolute Gasteiger partial charge is 0.194 e. The normalized spacial score (nSPS) is 10.9. The van der Waals surface area contributed by atoms with E-state index in [1.54, 1.807) is 25.6 Å². The molecule has 1 heterocycles. The molecule has 0 saturated carbocycles. The number of methoxy groups -OCH3 is 2. The highest BCUT2D eigenvalue weighted by molar-refractivity contribution is 14.0. The summed E-state index contributed by atoms with van der Waals surface area (Å²) in [5.74, 6) is 2.42. The molecular formula is C18H27IN4O2S. The van der Waals surface area contributed by atoms with E-state index in [-0.39, 0.29) is 24.0 Å². The van der Waals surface area contributed by atoms with Crippen molar-refractivity contribution in [2.45, 2.75) is 26.9 Å². The Morgan fingerprint density at radius 1 is 1.31 bits per heavy atom. The molecule has 0 aliphatic carbocycles. The fourth-order valence-corrected chi connectivity index (χ4v) is 3.11. The van der Waals surface area contributed by atoms with Crippen molar-refractivity contribution in [2.75, 3.05) is 27.8 Å². The van der Waals surface area contributed by atoms with E-state index in [2.05, 4.69) is 29.0 Å². The molecule has 2 aromatic rings. The van der Waals surface area contributed by atoms with Crippen LogP contribution < -0.4 is 14.8 Å². The third-order valence-corrected chi connectivity index (χ3v) is 4.53. The van der Waals surface area contributed by atoms with Gasteiger partial charge in [0.05, 0.1) is 20.8 Å². The van der Waals surface area contributed by atoms with Crippen LogP contribution in [0.15, 0.2) is 29.4 Å². The summed E-state index contributed by atoms with van der Waals surface area (Å²) in [6.45, 7) is 6.17. The Morgan fingerprint density at radius 3 is 2.65 bits per heavy atom. The lowest BCUT2D eigenvalue weighted by Crippen LogP contribution is -2.38. The fraction of sp³-hybridized carbons (Fsp3) is 0.444. The van der Waals surface area contributed by atoms with Crippen molar-refractivity contribution in [2.24, 2.45) is 4.99 Å². The van der Waals surface area contributed by atoms with Crippen LogP contribution >= 0.6 is 35.3 Å². The van der Waals surface area contributed by atoms with Gasteiger partial charge in [0.1, 0.15) is 16.5 Å². The molecule has 144 valence electrons. The molecule has 1 aromatic heterocycles. The first kappa shape index (κ1) is 22.5. The molecule has 0 aliphatic heterocycles. The third-order valence-electron chi connectivity index (χ3n) is 3.63. The number of hydrogen-bond acceptors (Lipinski definition) is 5. The van der Waals surface area contributed by atoms with Gasteiger partial charge in [0.15, 0.2) is 5.96 Å². The number of guanidine groups is 1. The maximum absolute atomic E-state index is 5.49. The van der Waals surface area contributed by atoms with Gasteiger partial charge in [-0.2, -0.15) is 0 Å². The first-order valence-corrected chi connectivity index (χ1v) is 9.00. The van der Waals surface area contributed by atoms with Crippen LogP contribution in [0.1, 0.15) is 22.4 Å². The molecule has 26 heavy (non-hydrogen) atoms. The summed E-state index contributed by atoms with van der Waals surface area (Å²) in [5, 5.41) is 4.34. The van der Waals surface area contributed by atoms with Crippen LogP contribution in [0.2, 0.25) is 0 Å². The summed E-state index contributed by atoms with van der Waals surface area (Å²) in [5.41, 5.74) is 1.07. The summed E-state index contributed by atoms with van der Waals surface area (Å²) >= 11 is 1.68. The Labute approximate surface area is 176 Å². The number of nitrogens with zero attached hydrogens (tertiary/aromatic N) is 3. The number of ether oxygens (including phenoxy) is 2. The molecule has 0 atom stereocenters. The van der Waals surface area contributed by atoms with Crippen molar-refractivity contribution >= 4 is 41.3 Å². The SMILES string of the molecule is CCNC(=NCc1ncc(C)s1)N(C)Cc1ccc(OC)cc1OC.I. The second-order valence-corrected chi connectivity index (χ2v) is 6.89. The van der Waals surface area contributed by atoms with Crippen molar-refractivity contribution < 1.29 is 9.47 Å². The minimum Gasteiger partial charge on any atom is -0.497 e. The summed E-state index contributed by atoms with van der Waals surface area (Å²) in [4.78, 5) is 12.3. The molecular weight excluding hydrogens is 463 g/mol. The minimum atomic E-state index is 0. The van der Waals surface area contributed by atoms with Crippen LogP contribution in [-0.4, -0.2) is 43.7 Å². The molecule has 1 aromatic carbocycles. The molecule has 0 aliphatic rings. The quantitative estimate of drug-likeness (QED) is 0.365. The highest BCUT2D eigenvalue weighted by Gasteiger charge is 2.11. The van der Waals surface area contributed by atoms with Gasteiger partial charge < -0.3 is 19.7 Å². The van der Waals surface area contributed by atoms with Gasteiger partial charge in [0.2, 0.25) is 0 Å². The predicted octanol–water partition coefficient (Wildman–Crippen LogP) is 3.68. The van der Waals surface area contributed by atoms with E-state index in [9.17, 15) is 0 Å². The molecule has 0 fully saturated rings. The van der Waals surface area contributed by atoms with Crippen molar-refractivity contribution in [1.82, 2.24) is 15.2 Å². The van der Waals surface area contributed by atoms with Gasteiger partial charge in [-0.15, -0.1) is 35.3 Å². The van der Waals surface area contributed by atoms with Gasteiger partial charge in [-0.05, 0) is 26.0 Å². The average molecular weight is 490 g/mol. The zero-order valence-corrected chi connectivity index (χ0v) is 19.1. The van der Waals surface area contributed by atoms with Crippen LogP contribution in [-0.2, 0) is 13.1 Å². The number of hydrogen-bond donors (Lipinski definition) is 1. The summed E-state index contributed by atoms with van der Waals surface area (Å²) in [6, 6.07) is 5.85. The lowest BCUT2D eigenvalue weighted by Gasteiger charge is -2.23. The highest BCUT2D eigenvalue weighted by atomic mass is 127. The number of benzene rings is 1. The van der Waals surface area contributed by atoms with E-state index < -0.39 is 0 Å². The van der Waals surface area contributed by atoms with Crippen LogP contribution in [0.5, 0.6) is 11.5 Å². The average Bonchev–Trinajstić information content (AvgIpc) is 3.04. The van der Waals surface area contributed by atoms with E-state index in [1.165, 1.54) is 4.88 Å². The zero-order valence-electron chi connectivity index (χ0n) is 15.9. The first-order chi connectivity index (χ1) is 12.1. The van der Waals surface area contributed by atoms with E-state index in [4.69, 9.17) is 14.5 Å². The van der Waals surface area contributed by atoms with Gasteiger partial charge in [-0.1, -0.05) is 0 Å². The number of aliphatic imine (C=N–C) groups is 1. The molecule has 0 unspecified atom stereocenters. The molecule has 8 heteroatoms. The van der Waals surface area contributed by atoms with E-state index >= 15 is 0 Å². The molecule has 1 N–H and O–H groups in total. The number of aromatic nitrogens is 1. The van der Waals surface area contributed by atoms with Gasteiger partial charge in [0.25, 0.3) is 0 Å². The van der Waals surface area contributed by atoms with E-state index in [0.717, 1.165) is 34.6 Å². The van der Waals surface area contributed by atoms with Crippen LogP contribution in [0.25, 0.3) is 0 Å². The van der Waals surface area contributed by atoms with Crippen LogP contribution in [0, 0.1) is 6.92 Å². The topological polar surface area (TPSA) is 59.0 Å². The monoisotopic (exact) mass is 490 g/mol. The lowest BCUT2D eigenvalue weighted by molar-refractivity contribution is 0.382. The second-order valence-electron chi connectivity index (χ2n) is 5.57.